The molecule has 0 unspecified atom stereocenters. The van der Waals surface area contributed by atoms with Crippen molar-refractivity contribution in [3.05, 3.63) is 83.6 Å². The molecule has 0 bridgehead atoms. The zero-order valence-electron chi connectivity index (χ0n) is 16.3. The maximum absolute atomic E-state index is 12.9. The Labute approximate surface area is 176 Å². The maximum Gasteiger partial charge on any atom is 0.338 e. The van der Waals surface area contributed by atoms with E-state index in [0.717, 1.165) is 4.90 Å². The highest BCUT2D eigenvalue weighted by atomic mass is 16.5. The molecule has 1 aliphatic rings. The molecule has 1 saturated heterocycles. The number of rotatable bonds is 4. The van der Waals surface area contributed by atoms with Crippen LogP contribution in [0.5, 0.6) is 0 Å². The number of amides is 4. The number of esters is 1. The van der Waals surface area contributed by atoms with Gasteiger partial charge in [-0.25, -0.2) is 14.5 Å². The van der Waals surface area contributed by atoms with Crippen LogP contribution in [0.4, 0.5) is 10.5 Å². The highest BCUT2D eigenvalue weighted by molar-refractivity contribution is 6.39. The normalized spacial score (nSPS) is 15.2. The Bertz CT molecular complexity index is 1230. The van der Waals surface area contributed by atoms with E-state index >= 15 is 0 Å². The van der Waals surface area contributed by atoms with Gasteiger partial charge in [0.1, 0.15) is 17.1 Å². The van der Waals surface area contributed by atoms with Gasteiger partial charge in [0, 0.05) is 5.56 Å². The molecular weight excluding hydrogens is 400 g/mol. The average molecular weight is 416 g/mol. The van der Waals surface area contributed by atoms with E-state index in [1.165, 1.54) is 13.2 Å². The second-order valence-corrected chi connectivity index (χ2v) is 6.53. The molecule has 1 aliphatic heterocycles. The van der Waals surface area contributed by atoms with Crippen molar-refractivity contribution in [3.63, 3.8) is 0 Å². The van der Waals surface area contributed by atoms with Gasteiger partial charge < -0.3 is 9.15 Å². The second-order valence-electron chi connectivity index (χ2n) is 6.53. The summed E-state index contributed by atoms with van der Waals surface area (Å²) in [7, 11) is 1.28. The van der Waals surface area contributed by atoms with Crippen LogP contribution in [0.2, 0.25) is 0 Å². The van der Waals surface area contributed by atoms with Gasteiger partial charge in [0.15, 0.2) is 0 Å². The summed E-state index contributed by atoms with van der Waals surface area (Å²) >= 11 is 0. The number of hydrogen-bond acceptors (Lipinski definition) is 6. The van der Waals surface area contributed by atoms with Gasteiger partial charge in [0.25, 0.3) is 11.8 Å². The molecule has 1 fully saturated rings. The first-order valence-corrected chi connectivity index (χ1v) is 9.23. The van der Waals surface area contributed by atoms with Crippen molar-refractivity contribution in [2.75, 3.05) is 12.0 Å². The van der Waals surface area contributed by atoms with E-state index in [4.69, 9.17) is 9.15 Å². The number of nitrogens with one attached hydrogen (secondary N) is 1. The number of hydrogen-bond donors (Lipinski definition) is 1. The molecule has 0 aliphatic carbocycles. The average Bonchev–Trinajstić information content (AvgIpc) is 3.25. The number of furan rings is 1. The maximum atomic E-state index is 12.9. The van der Waals surface area contributed by atoms with Crippen LogP contribution in [0.25, 0.3) is 17.4 Å². The minimum Gasteiger partial charge on any atom is -0.465 e. The minimum absolute atomic E-state index is 0.204. The van der Waals surface area contributed by atoms with Crippen LogP contribution >= 0.6 is 0 Å². The number of para-hydroxylation sites is 1. The SMILES string of the molecule is COC(=O)c1ccccc1-c1ccc(/C=C2\C(=O)NC(=O)N(c3ccccc3)C2=O)o1. The van der Waals surface area contributed by atoms with E-state index in [9.17, 15) is 19.2 Å². The number of carbonyl (C=O) groups excluding carboxylic acids is 4. The lowest BCUT2D eigenvalue weighted by Crippen LogP contribution is -2.54. The molecule has 0 spiro atoms. The zero-order chi connectivity index (χ0) is 22.0. The Balaban J connectivity index is 1.69. The summed E-state index contributed by atoms with van der Waals surface area (Å²) in [5.74, 6) is -1.56. The van der Waals surface area contributed by atoms with E-state index in [1.54, 1.807) is 66.7 Å². The smallest absolute Gasteiger partial charge is 0.338 e. The second kappa shape index (κ2) is 8.11. The summed E-state index contributed by atoms with van der Waals surface area (Å²) in [4.78, 5) is 50.3. The highest BCUT2D eigenvalue weighted by Crippen LogP contribution is 2.28. The predicted molar refractivity (Wildman–Crippen MR) is 111 cm³/mol. The molecule has 4 rings (SSSR count). The van der Waals surface area contributed by atoms with Crippen LogP contribution in [0.15, 0.2) is 76.7 Å². The molecule has 1 N–H and O–H groups in total. The van der Waals surface area contributed by atoms with Gasteiger partial charge in [-0.3, -0.25) is 14.9 Å². The Morgan fingerprint density at radius 2 is 1.68 bits per heavy atom. The van der Waals surface area contributed by atoms with E-state index in [-0.39, 0.29) is 11.3 Å². The van der Waals surface area contributed by atoms with Gasteiger partial charge in [-0.2, -0.15) is 0 Å². The number of ether oxygens (including phenoxy) is 1. The molecule has 4 amide bonds. The van der Waals surface area contributed by atoms with Crippen molar-refractivity contribution in [2.45, 2.75) is 0 Å². The number of barbiturate groups is 1. The predicted octanol–water partition coefficient (Wildman–Crippen LogP) is 3.40. The van der Waals surface area contributed by atoms with Crippen LogP contribution in [0.3, 0.4) is 0 Å². The van der Waals surface area contributed by atoms with E-state index in [1.807, 2.05) is 0 Å². The quantitative estimate of drug-likeness (QED) is 0.397. The standard InChI is InChI=1S/C23H16N2O6/c1-30-22(28)17-10-6-5-9-16(17)19-12-11-15(31-19)13-18-20(26)24-23(29)25(21(18)27)14-7-3-2-4-8-14/h2-13H,1H3,(H,24,26,29)/b18-13+. The van der Waals surface area contributed by atoms with Crippen LogP contribution in [-0.2, 0) is 14.3 Å². The number of benzene rings is 2. The van der Waals surface area contributed by atoms with E-state index in [0.29, 0.717) is 22.6 Å². The molecule has 0 saturated carbocycles. The Kier molecular flexibility index (Phi) is 5.19. The zero-order valence-corrected chi connectivity index (χ0v) is 16.3. The number of methoxy groups -OCH3 is 1. The van der Waals surface area contributed by atoms with Gasteiger partial charge in [-0.1, -0.05) is 36.4 Å². The van der Waals surface area contributed by atoms with Crippen molar-refractivity contribution in [1.29, 1.82) is 0 Å². The fourth-order valence-electron chi connectivity index (χ4n) is 3.17. The van der Waals surface area contributed by atoms with Crippen LogP contribution in [-0.4, -0.2) is 30.9 Å². The van der Waals surface area contributed by atoms with Gasteiger partial charge in [-0.05, 0) is 36.4 Å². The van der Waals surface area contributed by atoms with E-state index in [2.05, 4.69) is 5.32 Å². The molecule has 1 aromatic heterocycles. The van der Waals surface area contributed by atoms with Crippen molar-refractivity contribution < 1.29 is 28.3 Å². The molecule has 8 nitrogen and oxygen atoms in total. The lowest BCUT2D eigenvalue weighted by atomic mass is 10.1. The van der Waals surface area contributed by atoms with Crippen LogP contribution in [0.1, 0.15) is 16.1 Å². The molecule has 0 radical (unpaired) electrons. The number of nitrogens with zero attached hydrogens (tertiary/aromatic N) is 1. The fourth-order valence-corrected chi connectivity index (χ4v) is 3.17. The molecule has 0 atom stereocenters. The molecular formula is C23H16N2O6. The summed E-state index contributed by atoms with van der Waals surface area (Å²) in [6.07, 6.45) is 1.25. The minimum atomic E-state index is -0.828. The third kappa shape index (κ3) is 3.74. The Morgan fingerprint density at radius 3 is 2.42 bits per heavy atom. The highest BCUT2D eigenvalue weighted by Gasteiger charge is 2.37. The lowest BCUT2D eigenvalue weighted by molar-refractivity contribution is -0.122. The number of urea groups is 1. The van der Waals surface area contributed by atoms with Crippen molar-refractivity contribution in [1.82, 2.24) is 5.32 Å². The lowest BCUT2D eigenvalue weighted by Gasteiger charge is -2.26. The molecule has 3 aromatic rings. The molecule has 154 valence electrons. The van der Waals surface area contributed by atoms with E-state index < -0.39 is 23.8 Å². The topological polar surface area (TPSA) is 106 Å². The molecule has 31 heavy (non-hydrogen) atoms. The van der Waals surface area contributed by atoms with Gasteiger partial charge in [-0.15, -0.1) is 0 Å². The van der Waals surface area contributed by atoms with Crippen molar-refractivity contribution in [3.8, 4) is 11.3 Å². The Morgan fingerprint density at radius 1 is 0.968 bits per heavy atom. The van der Waals surface area contributed by atoms with Gasteiger partial charge in [0.05, 0.1) is 18.4 Å². The molecule has 2 aromatic carbocycles. The van der Waals surface area contributed by atoms with Crippen LogP contribution in [0, 0.1) is 0 Å². The summed E-state index contributed by atoms with van der Waals surface area (Å²) in [6.45, 7) is 0. The molecule has 2 heterocycles. The monoisotopic (exact) mass is 416 g/mol. The van der Waals surface area contributed by atoms with Crippen molar-refractivity contribution in [2.24, 2.45) is 0 Å². The number of carbonyl (C=O) groups is 4. The Hall–Kier alpha value is -4.46. The van der Waals surface area contributed by atoms with Gasteiger partial charge >= 0.3 is 12.0 Å². The summed E-state index contributed by atoms with van der Waals surface area (Å²) in [5.41, 5.74) is 0.881. The first-order chi connectivity index (χ1) is 15.0. The summed E-state index contributed by atoms with van der Waals surface area (Å²) < 4.78 is 10.5. The van der Waals surface area contributed by atoms with Gasteiger partial charge in [0.2, 0.25) is 0 Å². The first kappa shape index (κ1) is 19.8. The summed E-state index contributed by atoms with van der Waals surface area (Å²) in [5, 5.41) is 2.15. The summed E-state index contributed by atoms with van der Waals surface area (Å²) in [6, 6.07) is 17.3. The number of anilines is 1. The fraction of sp³-hybridized carbons (Fsp3) is 0.0435. The van der Waals surface area contributed by atoms with Crippen molar-refractivity contribution >= 4 is 35.6 Å². The number of imide groups is 2. The first-order valence-electron chi connectivity index (χ1n) is 9.23. The van der Waals surface area contributed by atoms with Crippen LogP contribution < -0.4 is 10.2 Å². The molecule has 8 heteroatoms. The third-order valence-corrected chi connectivity index (χ3v) is 4.63. The third-order valence-electron chi connectivity index (χ3n) is 4.63. The largest absolute Gasteiger partial charge is 0.465 e.